The summed E-state index contributed by atoms with van der Waals surface area (Å²) in [5.41, 5.74) is 1.60. The van der Waals surface area contributed by atoms with Crippen LogP contribution in [0.3, 0.4) is 0 Å². The molecule has 0 bridgehead atoms. The number of nitrogens with one attached hydrogen (secondary N) is 2. The number of nitrogens with zero attached hydrogens (tertiary/aromatic N) is 5. The number of rotatable bonds is 11. The van der Waals surface area contributed by atoms with E-state index in [-0.39, 0.29) is 29.9 Å². The van der Waals surface area contributed by atoms with Gasteiger partial charge in [0.2, 0.25) is 17.6 Å². The van der Waals surface area contributed by atoms with E-state index in [0.29, 0.717) is 11.4 Å². The van der Waals surface area contributed by atoms with Crippen LogP contribution in [0.1, 0.15) is 62.5 Å². The maximum Gasteiger partial charge on any atom is 0.286 e. The number of ketones is 1. The molecule has 1 amide bonds. The number of anilines is 1. The Balaban J connectivity index is 1.56. The summed E-state index contributed by atoms with van der Waals surface area (Å²) < 4.78 is 7.12. The molecular formula is C30H35N7O4. The lowest BCUT2D eigenvalue weighted by molar-refractivity contribution is -0.122. The normalized spacial score (nSPS) is 12.3. The van der Waals surface area contributed by atoms with Crippen LogP contribution < -0.4 is 16.2 Å². The molecule has 4 rings (SSSR count). The van der Waals surface area contributed by atoms with E-state index in [1.54, 1.807) is 39.2 Å². The van der Waals surface area contributed by atoms with Gasteiger partial charge in [-0.3, -0.25) is 23.9 Å². The highest BCUT2D eigenvalue weighted by molar-refractivity contribution is 5.98. The van der Waals surface area contributed by atoms with Gasteiger partial charge in [-0.2, -0.15) is 0 Å². The highest BCUT2D eigenvalue weighted by Gasteiger charge is 2.35. The van der Waals surface area contributed by atoms with Gasteiger partial charge in [0.25, 0.3) is 11.4 Å². The maximum absolute atomic E-state index is 13.5. The zero-order valence-corrected chi connectivity index (χ0v) is 24.1. The molecule has 0 saturated carbocycles. The predicted octanol–water partition coefficient (Wildman–Crippen LogP) is 3.64. The second-order valence-electron chi connectivity index (χ2n) is 10.6. The number of hydrogen-bond donors (Lipinski definition) is 2. The molecule has 214 valence electrons. The number of amides is 1. The van der Waals surface area contributed by atoms with Gasteiger partial charge < -0.3 is 15.1 Å². The van der Waals surface area contributed by atoms with Gasteiger partial charge in [-0.25, -0.2) is 4.98 Å². The Labute approximate surface area is 238 Å². The Kier molecular flexibility index (Phi) is 8.75. The summed E-state index contributed by atoms with van der Waals surface area (Å²) in [4.78, 5) is 48.8. The smallest absolute Gasteiger partial charge is 0.286 e. The van der Waals surface area contributed by atoms with Crippen molar-refractivity contribution in [2.45, 2.75) is 59.0 Å². The SMILES string of the molecule is CCc1ccc(C(C)(C)c2nnc(C(=O)[C@@H](NC(=O)Cn3c(-c4ccccc4)ncc(NC)c3=O)C(C)C)o2)nc1. The summed E-state index contributed by atoms with van der Waals surface area (Å²) in [6.07, 6.45) is 4.11. The van der Waals surface area contributed by atoms with Gasteiger partial charge in [-0.05, 0) is 37.8 Å². The summed E-state index contributed by atoms with van der Waals surface area (Å²) >= 11 is 0. The molecular weight excluding hydrogens is 522 g/mol. The quantitative estimate of drug-likeness (QED) is 0.264. The molecule has 1 aromatic carbocycles. The monoisotopic (exact) mass is 557 g/mol. The predicted molar refractivity (Wildman–Crippen MR) is 155 cm³/mol. The van der Waals surface area contributed by atoms with Crippen LogP contribution in [0.25, 0.3) is 11.4 Å². The lowest BCUT2D eigenvalue weighted by atomic mass is 9.88. The van der Waals surface area contributed by atoms with Crippen molar-refractivity contribution < 1.29 is 14.0 Å². The molecule has 1 atom stereocenters. The number of benzene rings is 1. The van der Waals surface area contributed by atoms with Gasteiger partial charge in [-0.1, -0.05) is 57.2 Å². The van der Waals surface area contributed by atoms with E-state index >= 15 is 0 Å². The van der Waals surface area contributed by atoms with E-state index < -0.39 is 28.7 Å². The first-order valence-corrected chi connectivity index (χ1v) is 13.5. The third-order valence-electron chi connectivity index (χ3n) is 6.96. The minimum atomic E-state index is -0.961. The molecule has 0 aliphatic carbocycles. The van der Waals surface area contributed by atoms with Crippen molar-refractivity contribution in [1.82, 2.24) is 30.0 Å². The van der Waals surface area contributed by atoms with Crippen LogP contribution in [-0.2, 0) is 23.2 Å². The van der Waals surface area contributed by atoms with Crippen LogP contribution in [0.15, 0.2) is 64.1 Å². The van der Waals surface area contributed by atoms with Crippen molar-refractivity contribution in [2.75, 3.05) is 12.4 Å². The number of aryl methyl sites for hydroxylation is 1. The van der Waals surface area contributed by atoms with Gasteiger partial charge in [0.1, 0.15) is 18.1 Å². The number of carbonyl (C=O) groups is 2. The van der Waals surface area contributed by atoms with E-state index in [2.05, 4.69) is 37.7 Å². The largest absolute Gasteiger partial charge is 0.417 e. The highest BCUT2D eigenvalue weighted by atomic mass is 16.4. The zero-order chi connectivity index (χ0) is 29.7. The molecule has 11 nitrogen and oxygen atoms in total. The summed E-state index contributed by atoms with van der Waals surface area (Å²) in [6.45, 7) is 9.09. The standard InChI is InChI=1S/C30H35N7O4/c1-7-19-13-14-22(32-15-19)30(4,5)29-36-35-27(41-29)25(39)24(18(2)3)34-23(38)17-37-26(20-11-9-8-10-12-20)33-16-21(31-6)28(37)40/h8-16,18,24,31H,7,17H2,1-6H3,(H,34,38)/t24-/m0/s1. The Morgan fingerprint density at radius 2 is 1.76 bits per heavy atom. The first kappa shape index (κ1) is 29.3. The molecule has 0 aliphatic rings. The van der Waals surface area contributed by atoms with E-state index in [1.807, 2.05) is 44.2 Å². The van der Waals surface area contributed by atoms with Crippen LogP contribution in [-0.4, -0.2) is 49.5 Å². The van der Waals surface area contributed by atoms with Gasteiger partial charge in [0, 0.05) is 18.8 Å². The van der Waals surface area contributed by atoms with Gasteiger partial charge in [0.05, 0.1) is 23.3 Å². The molecule has 3 aromatic heterocycles. The maximum atomic E-state index is 13.5. The summed E-state index contributed by atoms with van der Waals surface area (Å²) in [7, 11) is 1.61. The molecule has 2 N–H and O–H groups in total. The Bertz CT molecular complexity index is 1570. The molecule has 0 radical (unpaired) electrons. The molecule has 0 spiro atoms. The van der Waals surface area contributed by atoms with E-state index in [1.165, 1.54) is 10.8 Å². The minimum Gasteiger partial charge on any atom is -0.417 e. The van der Waals surface area contributed by atoms with Crippen molar-refractivity contribution >= 4 is 17.4 Å². The molecule has 4 aromatic rings. The van der Waals surface area contributed by atoms with Crippen LogP contribution in [0.4, 0.5) is 5.69 Å². The van der Waals surface area contributed by atoms with Gasteiger partial charge in [-0.15, -0.1) is 10.2 Å². The molecule has 0 aliphatic heterocycles. The molecule has 41 heavy (non-hydrogen) atoms. The van der Waals surface area contributed by atoms with Crippen LogP contribution >= 0.6 is 0 Å². The lowest BCUT2D eigenvalue weighted by Crippen LogP contribution is -2.46. The Hall–Kier alpha value is -4.67. The number of carbonyl (C=O) groups excluding carboxylic acids is 2. The zero-order valence-electron chi connectivity index (χ0n) is 24.1. The summed E-state index contributed by atoms with van der Waals surface area (Å²) in [5, 5.41) is 13.7. The van der Waals surface area contributed by atoms with Crippen molar-refractivity contribution in [3.8, 4) is 11.4 Å². The molecule has 0 saturated heterocycles. The lowest BCUT2D eigenvalue weighted by Gasteiger charge is -2.21. The first-order valence-electron chi connectivity index (χ1n) is 13.5. The molecule has 3 heterocycles. The van der Waals surface area contributed by atoms with Gasteiger partial charge >= 0.3 is 0 Å². The van der Waals surface area contributed by atoms with E-state index in [4.69, 9.17) is 4.42 Å². The third-order valence-corrected chi connectivity index (χ3v) is 6.96. The fourth-order valence-electron chi connectivity index (χ4n) is 4.35. The van der Waals surface area contributed by atoms with Crippen LogP contribution in [0.5, 0.6) is 0 Å². The number of Topliss-reactive ketones (excluding diaryl/α,β-unsaturated/α-hetero) is 1. The van der Waals surface area contributed by atoms with Crippen LogP contribution in [0, 0.1) is 5.92 Å². The third kappa shape index (κ3) is 6.24. The summed E-state index contributed by atoms with van der Waals surface area (Å²) in [5.74, 6) is -0.994. The fraction of sp³-hybridized carbons (Fsp3) is 0.367. The van der Waals surface area contributed by atoms with Crippen molar-refractivity contribution in [3.63, 3.8) is 0 Å². The van der Waals surface area contributed by atoms with Crippen molar-refractivity contribution in [3.05, 3.63) is 88.3 Å². The fourth-order valence-corrected chi connectivity index (χ4v) is 4.35. The van der Waals surface area contributed by atoms with E-state index in [0.717, 1.165) is 17.7 Å². The Morgan fingerprint density at radius 1 is 1.02 bits per heavy atom. The molecule has 0 unspecified atom stereocenters. The number of hydrogen-bond acceptors (Lipinski definition) is 9. The average Bonchev–Trinajstić information content (AvgIpc) is 3.48. The second kappa shape index (κ2) is 12.2. The first-order chi connectivity index (χ1) is 19.6. The van der Waals surface area contributed by atoms with E-state index in [9.17, 15) is 14.4 Å². The average molecular weight is 558 g/mol. The molecule has 0 fully saturated rings. The topological polar surface area (TPSA) is 145 Å². The second-order valence-corrected chi connectivity index (χ2v) is 10.6. The minimum absolute atomic E-state index is 0.210. The number of aromatic nitrogens is 5. The molecule has 11 heteroatoms. The summed E-state index contributed by atoms with van der Waals surface area (Å²) in [6, 6.07) is 12.0. The van der Waals surface area contributed by atoms with Crippen molar-refractivity contribution in [1.29, 1.82) is 0 Å². The highest BCUT2D eigenvalue weighted by Crippen LogP contribution is 2.29. The van der Waals surface area contributed by atoms with Crippen LogP contribution in [0.2, 0.25) is 0 Å². The van der Waals surface area contributed by atoms with Crippen molar-refractivity contribution in [2.24, 2.45) is 5.92 Å². The number of pyridine rings is 1. The Morgan fingerprint density at radius 3 is 2.37 bits per heavy atom. The van der Waals surface area contributed by atoms with Gasteiger partial charge in [0.15, 0.2) is 0 Å².